The molecule has 4 aromatic rings. The molecular formula is C28H24ClN3O. The maximum Gasteiger partial charge on any atom is 0.242 e. The molecule has 0 saturated carbocycles. The topological polar surface area (TPSA) is 45.6 Å². The molecule has 33 heavy (non-hydrogen) atoms. The second-order valence-corrected chi connectivity index (χ2v) is 8.68. The third kappa shape index (κ3) is 3.91. The van der Waals surface area contributed by atoms with E-state index in [1.165, 1.54) is 0 Å². The summed E-state index contributed by atoms with van der Waals surface area (Å²) in [6.07, 6.45) is 1.03. The summed E-state index contributed by atoms with van der Waals surface area (Å²) in [6.45, 7) is 3.89. The van der Waals surface area contributed by atoms with E-state index in [1.807, 2.05) is 68.4 Å². The Morgan fingerprint density at radius 2 is 1.70 bits per heavy atom. The number of fused-ring (bicyclic) bond motifs is 1. The average Bonchev–Trinajstić information content (AvgIpc) is 3.29. The summed E-state index contributed by atoms with van der Waals surface area (Å²) in [5.41, 5.74) is 6.83. The van der Waals surface area contributed by atoms with Crippen molar-refractivity contribution in [3.05, 3.63) is 101 Å². The van der Waals surface area contributed by atoms with Crippen LogP contribution < -0.4 is 0 Å². The van der Waals surface area contributed by atoms with Crippen LogP contribution in [-0.4, -0.2) is 21.6 Å². The molecule has 0 aliphatic carbocycles. The van der Waals surface area contributed by atoms with Crippen molar-refractivity contribution in [1.82, 2.24) is 9.99 Å². The number of carbonyl (C=O) groups excluding carboxylic acids is 1. The zero-order chi connectivity index (χ0) is 22.9. The third-order valence-corrected chi connectivity index (χ3v) is 6.37. The zero-order valence-electron chi connectivity index (χ0n) is 18.6. The highest BCUT2D eigenvalue weighted by atomic mass is 35.5. The maximum absolute atomic E-state index is 12.9. The average molecular weight is 454 g/mol. The summed E-state index contributed by atoms with van der Waals surface area (Å²) in [6, 6.07) is 26.0. The molecule has 1 aromatic heterocycles. The molecule has 5 rings (SSSR count). The van der Waals surface area contributed by atoms with Gasteiger partial charge < -0.3 is 0 Å². The Morgan fingerprint density at radius 1 is 1.00 bits per heavy atom. The van der Waals surface area contributed by atoms with E-state index in [0.717, 1.165) is 44.6 Å². The van der Waals surface area contributed by atoms with Crippen LogP contribution in [0.4, 0.5) is 0 Å². The molecule has 164 valence electrons. The van der Waals surface area contributed by atoms with E-state index in [1.54, 1.807) is 5.01 Å². The number of benzene rings is 3. The molecule has 0 N–H and O–H groups in total. The number of pyridine rings is 1. The van der Waals surface area contributed by atoms with Gasteiger partial charge in [-0.05, 0) is 36.2 Å². The molecule has 1 amide bonds. The van der Waals surface area contributed by atoms with E-state index in [2.05, 4.69) is 24.3 Å². The van der Waals surface area contributed by atoms with Gasteiger partial charge in [-0.2, -0.15) is 5.10 Å². The van der Waals surface area contributed by atoms with Gasteiger partial charge in [-0.3, -0.25) is 9.78 Å². The first-order chi connectivity index (χ1) is 16.1. The number of aromatic nitrogens is 1. The Balaban J connectivity index is 1.74. The van der Waals surface area contributed by atoms with E-state index in [0.29, 0.717) is 17.9 Å². The largest absolute Gasteiger partial charge is 0.273 e. The lowest BCUT2D eigenvalue weighted by Crippen LogP contribution is -2.26. The molecule has 0 radical (unpaired) electrons. The molecular weight excluding hydrogens is 430 g/mol. The van der Waals surface area contributed by atoms with Crippen LogP contribution in [0.15, 0.2) is 84.0 Å². The van der Waals surface area contributed by atoms with Crippen LogP contribution in [-0.2, 0) is 4.79 Å². The van der Waals surface area contributed by atoms with E-state index in [4.69, 9.17) is 21.7 Å². The molecule has 0 fully saturated rings. The number of hydrogen-bond donors (Lipinski definition) is 0. The van der Waals surface area contributed by atoms with Crippen molar-refractivity contribution < 1.29 is 4.79 Å². The van der Waals surface area contributed by atoms with Gasteiger partial charge in [-0.15, -0.1) is 0 Å². The van der Waals surface area contributed by atoms with Gasteiger partial charge in [0.05, 0.1) is 17.3 Å². The molecule has 0 bridgehead atoms. The summed E-state index contributed by atoms with van der Waals surface area (Å²) in [4.78, 5) is 17.7. The maximum atomic E-state index is 12.9. The summed E-state index contributed by atoms with van der Waals surface area (Å²) in [7, 11) is 0. The van der Waals surface area contributed by atoms with Crippen molar-refractivity contribution >= 4 is 34.1 Å². The predicted octanol–water partition coefficient (Wildman–Crippen LogP) is 6.95. The van der Waals surface area contributed by atoms with E-state index in [-0.39, 0.29) is 11.9 Å². The highest BCUT2D eigenvalue weighted by Gasteiger charge is 2.34. The molecule has 3 aromatic carbocycles. The Kier molecular flexibility index (Phi) is 5.69. The number of halogens is 1. The SMILES string of the molecule is CCC(=O)N1N=C(c2c(C)nc3ccc(Cl)cc3c2-c2ccccc2)C[C@@H]1c1ccccc1. The van der Waals surface area contributed by atoms with Gasteiger partial charge in [0, 0.05) is 40.1 Å². The van der Waals surface area contributed by atoms with Crippen LogP contribution in [0.25, 0.3) is 22.0 Å². The number of aryl methyl sites for hydroxylation is 1. The molecule has 1 aliphatic rings. The van der Waals surface area contributed by atoms with Crippen molar-refractivity contribution in [2.45, 2.75) is 32.7 Å². The predicted molar refractivity (Wildman–Crippen MR) is 134 cm³/mol. The second-order valence-electron chi connectivity index (χ2n) is 8.24. The van der Waals surface area contributed by atoms with Gasteiger partial charge in [0.2, 0.25) is 5.91 Å². The zero-order valence-corrected chi connectivity index (χ0v) is 19.4. The van der Waals surface area contributed by atoms with Crippen LogP contribution >= 0.6 is 11.6 Å². The standard InChI is InChI=1S/C28H24ClN3O/c1-3-26(33)32-25(19-10-6-4-7-11-19)17-24(31-32)27-18(2)30-23-15-14-21(29)16-22(23)28(27)20-12-8-5-9-13-20/h4-16,25H,3,17H2,1-2H3/t25-/m1/s1. The number of hydrogen-bond acceptors (Lipinski definition) is 3. The van der Waals surface area contributed by atoms with E-state index < -0.39 is 0 Å². The molecule has 5 heteroatoms. The molecule has 4 nitrogen and oxygen atoms in total. The lowest BCUT2D eigenvalue weighted by Gasteiger charge is -2.21. The Bertz CT molecular complexity index is 1370. The fourth-order valence-electron chi connectivity index (χ4n) is 4.60. The lowest BCUT2D eigenvalue weighted by atomic mass is 9.89. The van der Waals surface area contributed by atoms with Crippen molar-refractivity contribution in [2.75, 3.05) is 0 Å². The first-order valence-electron chi connectivity index (χ1n) is 11.2. The third-order valence-electron chi connectivity index (χ3n) is 6.13. The number of hydrazone groups is 1. The van der Waals surface area contributed by atoms with Gasteiger partial charge in [0.1, 0.15) is 0 Å². The highest BCUT2D eigenvalue weighted by molar-refractivity contribution is 6.31. The quantitative estimate of drug-likeness (QED) is 0.335. The van der Waals surface area contributed by atoms with Crippen molar-refractivity contribution in [1.29, 1.82) is 0 Å². The van der Waals surface area contributed by atoms with Gasteiger partial charge >= 0.3 is 0 Å². The minimum absolute atomic E-state index is 0.00885. The Labute approximate surface area is 198 Å². The van der Waals surface area contributed by atoms with Gasteiger partial charge in [0.15, 0.2) is 0 Å². The number of carbonyl (C=O) groups is 1. The molecule has 0 saturated heterocycles. The number of nitrogens with zero attached hydrogens (tertiary/aromatic N) is 3. The first kappa shape index (κ1) is 21.4. The summed E-state index contributed by atoms with van der Waals surface area (Å²) in [5, 5.41) is 8.19. The Morgan fingerprint density at radius 3 is 2.39 bits per heavy atom. The molecule has 1 atom stereocenters. The van der Waals surface area contributed by atoms with Crippen LogP contribution in [0.3, 0.4) is 0 Å². The fourth-order valence-corrected chi connectivity index (χ4v) is 4.78. The van der Waals surface area contributed by atoms with E-state index >= 15 is 0 Å². The molecule has 1 aliphatic heterocycles. The van der Waals surface area contributed by atoms with Gasteiger partial charge in [0.25, 0.3) is 0 Å². The van der Waals surface area contributed by atoms with Crippen molar-refractivity contribution in [2.24, 2.45) is 5.10 Å². The smallest absolute Gasteiger partial charge is 0.242 e. The van der Waals surface area contributed by atoms with Crippen molar-refractivity contribution in [3.8, 4) is 11.1 Å². The summed E-state index contributed by atoms with van der Waals surface area (Å²) in [5.74, 6) is 0.00885. The Hall–Kier alpha value is -3.50. The first-order valence-corrected chi connectivity index (χ1v) is 11.5. The van der Waals surface area contributed by atoms with E-state index in [9.17, 15) is 4.79 Å². The molecule has 0 spiro atoms. The van der Waals surface area contributed by atoms with Crippen LogP contribution in [0, 0.1) is 6.92 Å². The summed E-state index contributed by atoms with van der Waals surface area (Å²) < 4.78 is 0. The lowest BCUT2D eigenvalue weighted by molar-refractivity contribution is -0.132. The second kappa shape index (κ2) is 8.80. The fraction of sp³-hybridized carbons (Fsp3) is 0.179. The monoisotopic (exact) mass is 453 g/mol. The van der Waals surface area contributed by atoms with Gasteiger partial charge in [-0.25, -0.2) is 5.01 Å². The van der Waals surface area contributed by atoms with Crippen molar-refractivity contribution in [3.63, 3.8) is 0 Å². The minimum Gasteiger partial charge on any atom is -0.273 e. The highest BCUT2D eigenvalue weighted by Crippen LogP contribution is 2.40. The molecule has 0 unspecified atom stereocenters. The summed E-state index contributed by atoms with van der Waals surface area (Å²) >= 11 is 6.41. The number of rotatable bonds is 4. The number of amides is 1. The normalized spacial score (nSPS) is 15.7. The molecule has 2 heterocycles. The van der Waals surface area contributed by atoms with Crippen LogP contribution in [0.5, 0.6) is 0 Å². The van der Waals surface area contributed by atoms with Gasteiger partial charge in [-0.1, -0.05) is 79.2 Å². The van der Waals surface area contributed by atoms with Crippen LogP contribution in [0.1, 0.15) is 42.6 Å². The minimum atomic E-state index is -0.133. The van der Waals surface area contributed by atoms with Crippen LogP contribution in [0.2, 0.25) is 5.02 Å².